The monoisotopic (exact) mass is 301 g/mol. The molecular weight excluding hydrogens is 286 g/mol. The number of rotatable bonds is 4. The van der Waals surface area contributed by atoms with Crippen LogP contribution < -0.4 is 4.74 Å². The van der Waals surface area contributed by atoms with Crippen molar-refractivity contribution in [2.75, 3.05) is 13.1 Å². The van der Waals surface area contributed by atoms with E-state index in [4.69, 9.17) is 4.74 Å². The first-order valence-electron chi connectivity index (χ1n) is 6.74. The standard InChI is InChI=1S/C15H15N3O2S/c19-15(4-3-13-2-1-9-21-13)18-8-6-12(10-18)20-14-5-7-16-11-17-14/h1-5,7,9,11-12H,6,8,10H2. The van der Waals surface area contributed by atoms with E-state index in [1.54, 1.807) is 34.6 Å². The zero-order valence-corrected chi connectivity index (χ0v) is 12.2. The first kappa shape index (κ1) is 13.8. The SMILES string of the molecule is O=C(C=Cc1cccs1)N1CCC(Oc2ccncn2)C1. The van der Waals surface area contributed by atoms with Crippen molar-refractivity contribution in [1.29, 1.82) is 0 Å². The van der Waals surface area contributed by atoms with Gasteiger partial charge in [0.05, 0.1) is 6.54 Å². The average Bonchev–Trinajstić information content (AvgIpc) is 3.17. The number of hydrogen-bond donors (Lipinski definition) is 0. The minimum atomic E-state index is -0.000937. The molecule has 6 heteroatoms. The van der Waals surface area contributed by atoms with Gasteiger partial charge in [-0.25, -0.2) is 9.97 Å². The molecule has 1 amide bonds. The van der Waals surface area contributed by atoms with Gasteiger partial charge in [-0.1, -0.05) is 6.07 Å². The summed E-state index contributed by atoms with van der Waals surface area (Å²) < 4.78 is 5.74. The third kappa shape index (κ3) is 3.66. The number of nitrogens with zero attached hydrogens (tertiary/aromatic N) is 3. The quantitative estimate of drug-likeness (QED) is 0.813. The van der Waals surface area contributed by atoms with E-state index < -0.39 is 0 Å². The Kier molecular flexibility index (Phi) is 4.25. The van der Waals surface area contributed by atoms with Gasteiger partial charge in [-0.3, -0.25) is 4.79 Å². The van der Waals surface area contributed by atoms with E-state index in [1.807, 2.05) is 23.6 Å². The second-order valence-electron chi connectivity index (χ2n) is 4.71. The van der Waals surface area contributed by atoms with Crippen molar-refractivity contribution in [2.24, 2.45) is 0 Å². The van der Waals surface area contributed by atoms with E-state index in [9.17, 15) is 4.79 Å². The van der Waals surface area contributed by atoms with Crippen molar-refractivity contribution in [2.45, 2.75) is 12.5 Å². The Morgan fingerprint density at radius 2 is 2.43 bits per heavy atom. The van der Waals surface area contributed by atoms with Gasteiger partial charge in [0.15, 0.2) is 0 Å². The predicted octanol–water partition coefficient (Wildman–Crippen LogP) is 2.23. The lowest BCUT2D eigenvalue weighted by atomic mass is 10.3. The summed E-state index contributed by atoms with van der Waals surface area (Å²) in [6, 6.07) is 5.68. The molecule has 0 radical (unpaired) electrons. The minimum Gasteiger partial charge on any atom is -0.472 e. The number of amides is 1. The molecule has 0 saturated carbocycles. The summed E-state index contributed by atoms with van der Waals surface area (Å²) in [5, 5.41) is 1.99. The molecule has 2 aromatic heterocycles. The molecule has 0 aromatic carbocycles. The second-order valence-corrected chi connectivity index (χ2v) is 5.69. The van der Waals surface area contributed by atoms with Gasteiger partial charge in [0, 0.05) is 36.2 Å². The molecule has 0 spiro atoms. The Bertz CT molecular complexity index is 613. The zero-order valence-electron chi connectivity index (χ0n) is 11.4. The highest BCUT2D eigenvalue weighted by atomic mass is 32.1. The summed E-state index contributed by atoms with van der Waals surface area (Å²) >= 11 is 1.61. The molecule has 3 heterocycles. The normalized spacial score (nSPS) is 18.3. The fraction of sp³-hybridized carbons (Fsp3) is 0.267. The second kappa shape index (κ2) is 6.49. The van der Waals surface area contributed by atoms with Crippen LogP contribution in [0.5, 0.6) is 5.88 Å². The molecule has 0 N–H and O–H groups in total. The molecule has 1 fully saturated rings. The van der Waals surface area contributed by atoms with Crippen molar-refractivity contribution >= 4 is 23.3 Å². The molecule has 1 aliphatic heterocycles. The van der Waals surface area contributed by atoms with Crippen LogP contribution in [0.1, 0.15) is 11.3 Å². The highest BCUT2D eigenvalue weighted by Crippen LogP contribution is 2.17. The van der Waals surface area contributed by atoms with Gasteiger partial charge in [-0.2, -0.15) is 0 Å². The van der Waals surface area contributed by atoms with Crippen LogP contribution in [-0.2, 0) is 4.79 Å². The van der Waals surface area contributed by atoms with Crippen LogP contribution in [0.2, 0.25) is 0 Å². The number of likely N-dealkylation sites (tertiary alicyclic amines) is 1. The molecule has 1 aliphatic rings. The van der Waals surface area contributed by atoms with Crippen LogP contribution in [0.4, 0.5) is 0 Å². The summed E-state index contributed by atoms with van der Waals surface area (Å²) in [4.78, 5) is 22.9. The maximum atomic E-state index is 12.1. The van der Waals surface area contributed by atoms with Gasteiger partial charge < -0.3 is 9.64 Å². The molecule has 1 atom stereocenters. The van der Waals surface area contributed by atoms with Crippen molar-refractivity contribution in [3.8, 4) is 5.88 Å². The molecule has 0 bridgehead atoms. The van der Waals surface area contributed by atoms with E-state index in [0.29, 0.717) is 19.0 Å². The van der Waals surface area contributed by atoms with Crippen LogP contribution in [-0.4, -0.2) is 40.0 Å². The number of hydrogen-bond acceptors (Lipinski definition) is 5. The van der Waals surface area contributed by atoms with Gasteiger partial charge in [-0.05, 0) is 17.5 Å². The molecule has 108 valence electrons. The third-order valence-electron chi connectivity index (χ3n) is 3.23. The molecule has 21 heavy (non-hydrogen) atoms. The van der Waals surface area contributed by atoms with E-state index in [0.717, 1.165) is 11.3 Å². The topological polar surface area (TPSA) is 55.3 Å². The lowest BCUT2D eigenvalue weighted by Crippen LogP contribution is -2.29. The van der Waals surface area contributed by atoms with Crippen molar-refractivity contribution in [3.63, 3.8) is 0 Å². The smallest absolute Gasteiger partial charge is 0.246 e. The van der Waals surface area contributed by atoms with Gasteiger partial charge >= 0.3 is 0 Å². The number of ether oxygens (including phenoxy) is 1. The molecule has 3 rings (SSSR count). The minimum absolute atomic E-state index is 0.000937. The zero-order chi connectivity index (χ0) is 14.5. The average molecular weight is 301 g/mol. The highest BCUT2D eigenvalue weighted by Gasteiger charge is 2.26. The Morgan fingerprint density at radius 1 is 1.48 bits per heavy atom. The fourth-order valence-corrected chi connectivity index (χ4v) is 2.81. The Balaban J connectivity index is 1.53. The van der Waals surface area contributed by atoms with Crippen LogP contribution in [0.25, 0.3) is 6.08 Å². The molecule has 1 unspecified atom stereocenters. The lowest BCUT2D eigenvalue weighted by Gasteiger charge is -2.15. The van der Waals surface area contributed by atoms with Crippen molar-refractivity contribution in [1.82, 2.24) is 14.9 Å². The van der Waals surface area contributed by atoms with Crippen LogP contribution in [0.3, 0.4) is 0 Å². The van der Waals surface area contributed by atoms with E-state index in [2.05, 4.69) is 9.97 Å². The summed E-state index contributed by atoms with van der Waals surface area (Å²) in [5.41, 5.74) is 0. The maximum absolute atomic E-state index is 12.1. The molecule has 2 aromatic rings. The summed E-state index contributed by atoms with van der Waals surface area (Å²) in [7, 11) is 0. The van der Waals surface area contributed by atoms with Gasteiger partial charge in [0.1, 0.15) is 12.4 Å². The van der Waals surface area contributed by atoms with Crippen molar-refractivity contribution in [3.05, 3.63) is 47.1 Å². The number of aromatic nitrogens is 2. The van der Waals surface area contributed by atoms with Crippen LogP contribution in [0, 0.1) is 0 Å². The number of carbonyl (C=O) groups is 1. The first-order chi connectivity index (χ1) is 10.3. The largest absolute Gasteiger partial charge is 0.472 e. The third-order valence-corrected chi connectivity index (χ3v) is 4.07. The van der Waals surface area contributed by atoms with E-state index in [1.165, 1.54) is 6.33 Å². The fourth-order valence-electron chi connectivity index (χ4n) is 2.19. The van der Waals surface area contributed by atoms with E-state index >= 15 is 0 Å². The van der Waals surface area contributed by atoms with Gasteiger partial charge in [0.25, 0.3) is 0 Å². The number of carbonyl (C=O) groups excluding carboxylic acids is 1. The summed E-state index contributed by atoms with van der Waals surface area (Å²) in [5.74, 6) is 0.579. The van der Waals surface area contributed by atoms with Crippen LogP contribution >= 0.6 is 11.3 Å². The summed E-state index contributed by atoms with van der Waals surface area (Å²) in [6.07, 6.45) is 7.40. The van der Waals surface area contributed by atoms with E-state index in [-0.39, 0.29) is 12.0 Å². The Labute approximate surface area is 126 Å². The summed E-state index contributed by atoms with van der Waals surface area (Å²) in [6.45, 7) is 1.31. The first-order valence-corrected chi connectivity index (χ1v) is 7.62. The maximum Gasteiger partial charge on any atom is 0.246 e. The van der Waals surface area contributed by atoms with Crippen LogP contribution in [0.15, 0.2) is 42.2 Å². The van der Waals surface area contributed by atoms with Gasteiger partial charge in [0.2, 0.25) is 11.8 Å². The Morgan fingerprint density at radius 3 is 3.19 bits per heavy atom. The molecule has 0 aliphatic carbocycles. The lowest BCUT2D eigenvalue weighted by molar-refractivity contribution is -0.125. The Hall–Kier alpha value is -2.21. The molecular formula is C15H15N3O2S. The predicted molar refractivity (Wildman–Crippen MR) is 81.0 cm³/mol. The highest BCUT2D eigenvalue weighted by molar-refractivity contribution is 7.10. The van der Waals surface area contributed by atoms with Gasteiger partial charge in [-0.15, -0.1) is 11.3 Å². The molecule has 5 nitrogen and oxygen atoms in total. The van der Waals surface area contributed by atoms with Crippen molar-refractivity contribution < 1.29 is 9.53 Å². The molecule has 1 saturated heterocycles. The number of thiophene rings is 1.